The van der Waals surface area contributed by atoms with Crippen LogP contribution in [0.2, 0.25) is 0 Å². The molecule has 0 aliphatic carbocycles. The van der Waals surface area contributed by atoms with E-state index in [9.17, 15) is 14.4 Å². The third-order valence-corrected chi connectivity index (χ3v) is 2.07. The number of rotatable bonds is 3. The summed E-state index contributed by atoms with van der Waals surface area (Å²) in [5, 5.41) is 4.85. The van der Waals surface area contributed by atoms with E-state index in [4.69, 9.17) is 0 Å². The van der Waals surface area contributed by atoms with Crippen molar-refractivity contribution < 1.29 is 14.4 Å². The second kappa shape index (κ2) is 5.58. The Morgan fingerprint density at radius 1 is 1.06 bits per heavy atom. The summed E-state index contributed by atoms with van der Waals surface area (Å²) in [5.74, 6) is -0.726. The van der Waals surface area contributed by atoms with Crippen molar-refractivity contribution >= 4 is 23.6 Å². The maximum absolute atomic E-state index is 11.5. The Kier molecular flexibility index (Phi) is 4.14. The van der Waals surface area contributed by atoms with E-state index in [1.165, 1.54) is 38.4 Å². The van der Waals surface area contributed by atoms with Crippen LogP contribution in [0.25, 0.3) is 0 Å². The van der Waals surface area contributed by atoms with Crippen molar-refractivity contribution in [3.05, 3.63) is 29.3 Å². The number of nitrogens with zero attached hydrogens (tertiary/aromatic N) is 1. The Hall–Kier alpha value is -2.46. The third kappa shape index (κ3) is 2.99. The van der Waals surface area contributed by atoms with Crippen LogP contribution in [0.15, 0.2) is 23.2 Å². The minimum Gasteiger partial charge on any atom is -0.355 e. The predicted octanol–water partition coefficient (Wildman–Crippen LogP) is 0.373. The Morgan fingerprint density at radius 2 is 1.53 bits per heavy atom. The van der Waals surface area contributed by atoms with Crippen LogP contribution in [0.3, 0.4) is 0 Å². The van der Waals surface area contributed by atoms with Crippen LogP contribution in [0.1, 0.15) is 20.7 Å². The zero-order valence-electron chi connectivity index (χ0n) is 9.40. The molecule has 0 spiro atoms. The van der Waals surface area contributed by atoms with E-state index in [2.05, 4.69) is 15.6 Å². The summed E-state index contributed by atoms with van der Waals surface area (Å²) in [5.41, 5.74) is 0.713. The number of benzene rings is 1. The van der Waals surface area contributed by atoms with Gasteiger partial charge < -0.3 is 10.6 Å². The molecule has 0 saturated carbocycles. The summed E-state index contributed by atoms with van der Waals surface area (Å²) >= 11 is 0. The zero-order valence-corrected chi connectivity index (χ0v) is 9.40. The second-order valence-corrected chi connectivity index (χ2v) is 3.13. The van der Waals surface area contributed by atoms with Crippen molar-refractivity contribution in [3.8, 4) is 0 Å². The van der Waals surface area contributed by atoms with Crippen LogP contribution in [0, 0.1) is 0 Å². The molecule has 0 fully saturated rings. The van der Waals surface area contributed by atoms with Crippen molar-refractivity contribution in [2.45, 2.75) is 0 Å². The van der Waals surface area contributed by atoms with Crippen molar-refractivity contribution in [1.82, 2.24) is 10.6 Å². The molecule has 1 rings (SSSR count). The lowest BCUT2D eigenvalue weighted by Gasteiger charge is -2.05. The number of hydrogen-bond acceptors (Lipinski definition) is 4. The monoisotopic (exact) mass is 233 g/mol. The first kappa shape index (κ1) is 12.6. The molecule has 0 saturated heterocycles. The molecule has 0 aliphatic rings. The summed E-state index contributed by atoms with van der Waals surface area (Å²) in [6.07, 6.45) is 1.36. The molecule has 6 nitrogen and oxygen atoms in total. The van der Waals surface area contributed by atoms with Gasteiger partial charge in [0, 0.05) is 25.2 Å². The molecule has 0 unspecified atom stereocenters. The fraction of sp³-hybridized carbons (Fsp3) is 0.182. The van der Waals surface area contributed by atoms with Gasteiger partial charge in [0.25, 0.3) is 11.8 Å². The second-order valence-electron chi connectivity index (χ2n) is 3.13. The SMILES string of the molecule is CNC(=O)c1cc(N=C=O)cc(C(=O)NC)c1. The van der Waals surface area contributed by atoms with Gasteiger partial charge in [0.1, 0.15) is 0 Å². The molecule has 6 heteroatoms. The molecule has 1 aromatic carbocycles. The van der Waals surface area contributed by atoms with Crippen molar-refractivity contribution in [3.63, 3.8) is 0 Å². The minimum absolute atomic E-state index is 0.208. The van der Waals surface area contributed by atoms with Crippen LogP contribution in [-0.4, -0.2) is 32.0 Å². The average Bonchev–Trinajstić information content (AvgIpc) is 2.36. The highest BCUT2D eigenvalue weighted by molar-refractivity contribution is 6.00. The maximum atomic E-state index is 11.5. The third-order valence-electron chi connectivity index (χ3n) is 2.07. The number of aliphatic imine (C=N–C) groups is 1. The lowest BCUT2D eigenvalue weighted by molar-refractivity contribution is 0.0962. The summed E-state index contributed by atoms with van der Waals surface area (Å²) in [6.45, 7) is 0. The molecule has 17 heavy (non-hydrogen) atoms. The molecule has 0 bridgehead atoms. The van der Waals surface area contributed by atoms with Gasteiger partial charge >= 0.3 is 0 Å². The summed E-state index contributed by atoms with van der Waals surface area (Å²) in [6, 6.07) is 4.22. The summed E-state index contributed by atoms with van der Waals surface area (Å²) in [7, 11) is 2.94. The van der Waals surface area contributed by atoms with E-state index in [1.54, 1.807) is 0 Å². The molecule has 0 aliphatic heterocycles. The molecule has 0 atom stereocenters. The van der Waals surface area contributed by atoms with Gasteiger partial charge in [-0.2, -0.15) is 4.99 Å². The molecule has 0 aromatic heterocycles. The van der Waals surface area contributed by atoms with Gasteiger partial charge in [-0.1, -0.05) is 0 Å². The maximum Gasteiger partial charge on any atom is 0.251 e. The molecular weight excluding hydrogens is 222 g/mol. The Labute approximate surface area is 97.7 Å². The van der Waals surface area contributed by atoms with Gasteiger partial charge in [0.15, 0.2) is 0 Å². The van der Waals surface area contributed by atoms with Crippen LogP contribution < -0.4 is 10.6 Å². The first-order valence-electron chi connectivity index (χ1n) is 4.79. The van der Waals surface area contributed by atoms with E-state index in [1.807, 2.05) is 0 Å². The number of hydrogen-bond donors (Lipinski definition) is 2. The molecule has 2 amide bonds. The first-order chi connectivity index (χ1) is 8.12. The quantitative estimate of drug-likeness (QED) is 0.584. The minimum atomic E-state index is -0.363. The van der Waals surface area contributed by atoms with E-state index in [0.717, 1.165) is 0 Å². The van der Waals surface area contributed by atoms with E-state index in [-0.39, 0.29) is 28.6 Å². The van der Waals surface area contributed by atoms with Crippen molar-refractivity contribution in [1.29, 1.82) is 0 Å². The number of nitrogens with one attached hydrogen (secondary N) is 2. The normalized spacial score (nSPS) is 9.06. The zero-order chi connectivity index (χ0) is 12.8. The van der Waals surface area contributed by atoms with Crippen LogP contribution >= 0.6 is 0 Å². The Morgan fingerprint density at radius 3 is 1.88 bits per heavy atom. The molecule has 1 aromatic rings. The Bertz CT molecular complexity index is 470. The summed E-state index contributed by atoms with van der Waals surface area (Å²) < 4.78 is 0. The predicted molar refractivity (Wildman–Crippen MR) is 61.0 cm³/mol. The topological polar surface area (TPSA) is 87.6 Å². The smallest absolute Gasteiger partial charge is 0.251 e. The van der Waals surface area contributed by atoms with E-state index < -0.39 is 0 Å². The molecule has 88 valence electrons. The standard InChI is InChI=1S/C11H11N3O3/c1-12-10(16)7-3-8(11(17)13-2)5-9(4-7)14-6-15/h3-5H,1-2H3,(H,12,16)(H,13,17). The van der Waals surface area contributed by atoms with Crippen LogP contribution in [-0.2, 0) is 4.79 Å². The number of isocyanates is 1. The highest BCUT2D eigenvalue weighted by atomic mass is 16.2. The number of carbonyl (C=O) groups excluding carboxylic acids is 3. The van der Waals surface area contributed by atoms with Crippen LogP contribution in [0.5, 0.6) is 0 Å². The van der Waals surface area contributed by atoms with Gasteiger partial charge in [0.2, 0.25) is 6.08 Å². The van der Waals surface area contributed by atoms with Gasteiger partial charge in [-0.3, -0.25) is 9.59 Å². The van der Waals surface area contributed by atoms with Crippen LogP contribution in [0.4, 0.5) is 5.69 Å². The number of carbonyl (C=O) groups is 2. The molecule has 0 radical (unpaired) electrons. The van der Waals surface area contributed by atoms with E-state index in [0.29, 0.717) is 0 Å². The van der Waals surface area contributed by atoms with Gasteiger partial charge in [-0.05, 0) is 18.2 Å². The average molecular weight is 233 g/mol. The van der Waals surface area contributed by atoms with Gasteiger partial charge in [-0.15, -0.1) is 0 Å². The first-order valence-corrected chi connectivity index (χ1v) is 4.79. The fourth-order valence-electron chi connectivity index (χ4n) is 1.28. The number of amides is 2. The van der Waals surface area contributed by atoms with Gasteiger partial charge in [0.05, 0.1) is 5.69 Å². The highest BCUT2D eigenvalue weighted by Gasteiger charge is 2.11. The highest BCUT2D eigenvalue weighted by Crippen LogP contribution is 2.17. The lowest BCUT2D eigenvalue weighted by atomic mass is 10.1. The molecule has 0 heterocycles. The molecule has 2 N–H and O–H groups in total. The molecular formula is C11H11N3O3. The Balaban J connectivity index is 3.32. The lowest BCUT2D eigenvalue weighted by Crippen LogP contribution is -2.21. The van der Waals surface area contributed by atoms with Gasteiger partial charge in [-0.25, -0.2) is 4.79 Å². The fourth-order valence-corrected chi connectivity index (χ4v) is 1.28. The largest absolute Gasteiger partial charge is 0.355 e. The summed E-state index contributed by atoms with van der Waals surface area (Å²) in [4.78, 5) is 36.5. The van der Waals surface area contributed by atoms with Crippen molar-refractivity contribution in [2.75, 3.05) is 14.1 Å². The van der Waals surface area contributed by atoms with Crippen molar-refractivity contribution in [2.24, 2.45) is 4.99 Å². The van der Waals surface area contributed by atoms with E-state index >= 15 is 0 Å².